The Kier molecular flexibility index (Phi) is 5.99. The first-order chi connectivity index (χ1) is 9.51. The summed E-state index contributed by atoms with van der Waals surface area (Å²) < 4.78 is 30.4. The molecule has 0 fully saturated rings. The summed E-state index contributed by atoms with van der Waals surface area (Å²) in [6.45, 7) is 7.19. The molecule has 21 heavy (non-hydrogen) atoms. The van der Waals surface area contributed by atoms with Gasteiger partial charge in [-0.3, -0.25) is 4.79 Å². The number of ether oxygens (including phenoxy) is 1. The fraction of sp³-hybridized carbons (Fsp3) is 0.533. The van der Waals surface area contributed by atoms with Crippen molar-refractivity contribution in [1.29, 1.82) is 0 Å². The average Bonchev–Trinajstić information content (AvgIpc) is 2.29. The molecule has 0 aliphatic rings. The number of esters is 1. The summed E-state index contributed by atoms with van der Waals surface area (Å²) >= 11 is 3.34. The van der Waals surface area contributed by atoms with Gasteiger partial charge in [0.2, 0.25) is 0 Å². The van der Waals surface area contributed by atoms with Crippen molar-refractivity contribution in [1.82, 2.24) is 0 Å². The highest BCUT2D eigenvalue weighted by Crippen LogP contribution is 2.21. The molecule has 0 spiro atoms. The maximum Gasteiger partial charge on any atom is 0.306 e. The van der Waals surface area contributed by atoms with Crippen molar-refractivity contribution in [2.24, 2.45) is 0 Å². The fourth-order valence-electron chi connectivity index (χ4n) is 1.73. The molecule has 1 aromatic carbocycles. The third kappa shape index (κ3) is 6.18. The molecule has 0 aliphatic carbocycles. The van der Waals surface area contributed by atoms with Gasteiger partial charge in [0.05, 0.1) is 10.6 Å². The molecule has 0 radical (unpaired) electrons. The summed E-state index contributed by atoms with van der Waals surface area (Å²) in [4.78, 5) is 11.8. The van der Waals surface area contributed by atoms with Gasteiger partial charge in [-0.05, 0) is 57.9 Å². The minimum absolute atomic E-state index is 0.0622. The lowest BCUT2D eigenvalue weighted by Gasteiger charge is -2.19. The number of hydrogen-bond donors (Lipinski definition) is 0. The van der Waals surface area contributed by atoms with Gasteiger partial charge in [-0.25, -0.2) is 8.42 Å². The highest BCUT2D eigenvalue weighted by molar-refractivity contribution is 9.10. The topological polar surface area (TPSA) is 60.4 Å². The predicted octanol–water partition coefficient (Wildman–Crippen LogP) is 3.65. The molecule has 0 amide bonds. The van der Waals surface area contributed by atoms with Crippen molar-refractivity contribution < 1.29 is 17.9 Å². The van der Waals surface area contributed by atoms with E-state index in [0.717, 1.165) is 10.0 Å². The zero-order valence-corrected chi connectivity index (χ0v) is 15.2. The van der Waals surface area contributed by atoms with Crippen LogP contribution < -0.4 is 0 Å². The SMILES string of the molecule is Cc1cc(S(=O)(=O)CCCC(=O)OC(C)(C)C)ccc1Br. The number of benzene rings is 1. The van der Waals surface area contributed by atoms with Gasteiger partial charge in [-0.1, -0.05) is 15.9 Å². The van der Waals surface area contributed by atoms with Crippen LogP contribution in [0.15, 0.2) is 27.6 Å². The van der Waals surface area contributed by atoms with Gasteiger partial charge in [0.25, 0.3) is 0 Å². The Hall–Kier alpha value is -0.880. The summed E-state index contributed by atoms with van der Waals surface area (Å²) in [6.07, 6.45) is 0.359. The van der Waals surface area contributed by atoms with E-state index < -0.39 is 15.4 Å². The summed E-state index contributed by atoms with van der Waals surface area (Å²) in [7, 11) is -3.37. The van der Waals surface area contributed by atoms with Crippen LogP contribution >= 0.6 is 15.9 Å². The van der Waals surface area contributed by atoms with Crippen LogP contribution in [0.1, 0.15) is 39.2 Å². The highest BCUT2D eigenvalue weighted by Gasteiger charge is 2.19. The summed E-state index contributed by atoms with van der Waals surface area (Å²) in [6, 6.07) is 4.92. The third-order valence-corrected chi connectivity index (χ3v) is 5.39. The number of carbonyl (C=O) groups excluding carboxylic acids is 1. The number of sulfone groups is 1. The van der Waals surface area contributed by atoms with E-state index in [1.807, 2.05) is 6.92 Å². The first-order valence-electron chi connectivity index (χ1n) is 6.72. The van der Waals surface area contributed by atoms with E-state index in [2.05, 4.69) is 15.9 Å². The van der Waals surface area contributed by atoms with Crippen LogP contribution in [-0.2, 0) is 19.4 Å². The molecule has 1 aromatic rings. The fourth-order valence-corrected chi connectivity index (χ4v) is 3.37. The van der Waals surface area contributed by atoms with Gasteiger partial charge < -0.3 is 4.74 Å². The second-order valence-electron chi connectivity index (χ2n) is 5.92. The Labute approximate surface area is 134 Å². The number of carbonyl (C=O) groups is 1. The smallest absolute Gasteiger partial charge is 0.306 e. The lowest BCUT2D eigenvalue weighted by atomic mass is 10.2. The second-order valence-corrected chi connectivity index (χ2v) is 8.88. The Balaban J connectivity index is 2.61. The Morgan fingerprint density at radius 3 is 2.43 bits per heavy atom. The van der Waals surface area contributed by atoms with Crippen molar-refractivity contribution in [2.45, 2.75) is 51.0 Å². The average molecular weight is 377 g/mol. The Morgan fingerprint density at radius 2 is 1.90 bits per heavy atom. The van der Waals surface area contributed by atoms with Crippen LogP contribution in [0.5, 0.6) is 0 Å². The number of hydrogen-bond acceptors (Lipinski definition) is 4. The molecule has 0 heterocycles. The molecule has 0 saturated carbocycles. The number of rotatable bonds is 5. The van der Waals surface area contributed by atoms with Crippen molar-refractivity contribution in [3.05, 3.63) is 28.2 Å². The van der Waals surface area contributed by atoms with Gasteiger partial charge in [0, 0.05) is 10.9 Å². The van der Waals surface area contributed by atoms with E-state index in [1.54, 1.807) is 39.0 Å². The minimum Gasteiger partial charge on any atom is -0.460 e. The summed E-state index contributed by atoms with van der Waals surface area (Å²) in [5, 5.41) is 0. The highest BCUT2D eigenvalue weighted by atomic mass is 79.9. The van der Waals surface area contributed by atoms with E-state index >= 15 is 0 Å². The lowest BCUT2D eigenvalue weighted by Crippen LogP contribution is -2.24. The van der Waals surface area contributed by atoms with Gasteiger partial charge in [0.1, 0.15) is 5.60 Å². The standard InChI is InChI=1S/C15H21BrO4S/c1-11-10-12(7-8-13(11)16)21(18,19)9-5-6-14(17)20-15(2,3)4/h7-8,10H,5-6,9H2,1-4H3. The molecule has 0 aliphatic heterocycles. The molecule has 0 N–H and O–H groups in total. The van der Waals surface area contributed by atoms with E-state index in [4.69, 9.17) is 4.74 Å². The maximum absolute atomic E-state index is 12.2. The van der Waals surface area contributed by atoms with E-state index in [9.17, 15) is 13.2 Å². The molecular formula is C15H21BrO4S. The molecule has 0 atom stereocenters. The van der Waals surface area contributed by atoms with Crippen LogP contribution in [0.4, 0.5) is 0 Å². The van der Waals surface area contributed by atoms with Crippen LogP contribution in [0.2, 0.25) is 0 Å². The minimum atomic E-state index is -3.37. The number of aryl methyl sites for hydroxylation is 1. The van der Waals surface area contributed by atoms with Crippen LogP contribution in [0, 0.1) is 6.92 Å². The van der Waals surface area contributed by atoms with Crippen LogP contribution in [0.3, 0.4) is 0 Å². The van der Waals surface area contributed by atoms with Crippen molar-refractivity contribution >= 4 is 31.7 Å². The molecule has 0 bridgehead atoms. The predicted molar refractivity (Wildman–Crippen MR) is 86.0 cm³/mol. The first kappa shape index (κ1) is 18.2. The molecule has 0 saturated heterocycles. The zero-order valence-electron chi connectivity index (χ0n) is 12.8. The van der Waals surface area contributed by atoms with Crippen LogP contribution in [-0.4, -0.2) is 25.7 Å². The first-order valence-corrected chi connectivity index (χ1v) is 9.16. The Morgan fingerprint density at radius 1 is 1.29 bits per heavy atom. The normalized spacial score (nSPS) is 12.2. The van der Waals surface area contributed by atoms with E-state index in [1.165, 1.54) is 0 Å². The molecule has 4 nitrogen and oxygen atoms in total. The quantitative estimate of drug-likeness (QED) is 0.735. The zero-order chi connectivity index (χ0) is 16.3. The largest absolute Gasteiger partial charge is 0.460 e. The summed E-state index contributed by atoms with van der Waals surface area (Å²) in [5.74, 6) is -0.433. The molecule has 0 unspecified atom stereocenters. The lowest BCUT2D eigenvalue weighted by molar-refractivity contribution is -0.154. The van der Waals surface area contributed by atoms with Gasteiger partial charge >= 0.3 is 5.97 Å². The van der Waals surface area contributed by atoms with E-state index in [0.29, 0.717) is 0 Å². The molecule has 118 valence electrons. The molecule has 6 heteroatoms. The van der Waals surface area contributed by atoms with Crippen molar-refractivity contribution in [3.63, 3.8) is 0 Å². The van der Waals surface area contributed by atoms with Crippen molar-refractivity contribution in [3.8, 4) is 0 Å². The van der Waals surface area contributed by atoms with Crippen LogP contribution in [0.25, 0.3) is 0 Å². The van der Waals surface area contributed by atoms with Gasteiger partial charge in [-0.2, -0.15) is 0 Å². The van der Waals surface area contributed by atoms with Crippen molar-refractivity contribution in [2.75, 3.05) is 5.75 Å². The monoisotopic (exact) mass is 376 g/mol. The van der Waals surface area contributed by atoms with E-state index in [-0.39, 0.29) is 29.5 Å². The third-order valence-electron chi connectivity index (χ3n) is 2.70. The van der Waals surface area contributed by atoms with Gasteiger partial charge in [0.15, 0.2) is 9.84 Å². The Bertz CT molecular complexity index is 615. The molecule has 0 aromatic heterocycles. The molecule has 1 rings (SSSR count). The number of halogens is 1. The summed E-state index contributed by atoms with van der Waals surface area (Å²) in [5.41, 5.74) is 0.321. The second kappa shape index (κ2) is 6.92. The molecular weight excluding hydrogens is 356 g/mol. The van der Waals surface area contributed by atoms with Gasteiger partial charge in [-0.15, -0.1) is 0 Å². The maximum atomic E-state index is 12.2.